The summed E-state index contributed by atoms with van der Waals surface area (Å²) in [5, 5.41) is 3.15. The molecule has 1 N–H and O–H groups in total. The number of aromatic nitrogens is 2. The Morgan fingerprint density at radius 3 is 2.96 bits per heavy atom. The summed E-state index contributed by atoms with van der Waals surface area (Å²) in [6.07, 6.45) is 6.62. The van der Waals surface area contributed by atoms with Crippen LogP contribution in [0.2, 0.25) is 0 Å². The molecule has 2 atom stereocenters. The van der Waals surface area contributed by atoms with Gasteiger partial charge < -0.3 is 14.8 Å². The third kappa shape index (κ3) is 3.97. The maximum absolute atomic E-state index is 13.8. The number of nitrogens with zero attached hydrogens (tertiary/aromatic N) is 4. The van der Waals surface area contributed by atoms with E-state index in [1.54, 1.807) is 13.2 Å². The second-order valence-corrected chi connectivity index (χ2v) is 6.43. The molecule has 2 heterocycles. The fraction of sp³-hybridized carbons (Fsp3) is 0.444. The largest absolute Gasteiger partial charge is 0.352 e. The first-order chi connectivity index (χ1) is 12.1. The number of hydrogen-bond donors (Lipinski definition) is 1. The number of aliphatic imine (C=N–C) groups is 1. The van der Waals surface area contributed by atoms with Crippen LogP contribution in [0.4, 0.5) is 8.78 Å². The monoisotopic (exact) mass is 347 g/mol. The molecular weight excluding hydrogens is 324 g/mol. The van der Waals surface area contributed by atoms with Crippen molar-refractivity contribution >= 4 is 5.96 Å². The Balaban J connectivity index is 1.67. The van der Waals surface area contributed by atoms with Crippen LogP contribution >= 0.6 is 0 Å². The van der Waals surface area contributed by atoms with E-state index in [1.807, 2.05) is 12.5 Å². The number of hydrogen-bond acceptors (Lipinski definition) is 2. The number of imidazole rings is 1. The van der Waals surface area contributed by atoms with E-state index in [-0.39, 0.29) is 12.1 Å². The lowest BCUT2D eigenvalue weighted by molar-refractivity contribution is 0.189. The van der Waals surface area contributed by atoms with Gasteiger partial charge in [-0.2, -0.15) is 0 Å². The highest BCUT2D eigenvalue weighted by molar-refractivity contribution is 5.80. The number of rotatable bonds is 3. The predicted octanol–water partition coefficient (Wildman–Crippen LogP) is 2.82. The molecule has 0 bridgehead atoms. The topological polar surface area (TPSA) is 45.5 Å². The van der Waals surface area contributed by atoms with Gasteiger partial charge in [0, 0.05) is 44.6 Å². The van der Waals surface area contributed by atoms with Gasteiger partial charge in [-0.3, -0.25) is 4.99 Å². The van der Waals surface area contributed by atoms with Crippen molar-refractivity contribution in [2.24, 2.45) is 10.9 Å². The molecule has 3 rings (SSSR count). The lowest BCUT2D eigenvalue weighted by Gasteiger charge is -2.39. The van der Waals surface area contributed by atoms with Crippen molar-refractivity contribution in [3.05, 3.63) is 54.1 Å². The average Bonchev–Trinajstić information content (AvgIpc) is 3.14. The van der Waals surface area contributed by atoms with Gasteiger partial charge in [-0.25, -0.2) is 13.8 Å². The lowest BCUT2D eigenvalue weighted by Crippen LogP contribution is -2.48. The van der Waals surface area contributed by atoms with E-state index in [9.17, 15) is 8.78 Å². The van der Waals surface area contributed by atoms with E-state index >= 15 is 0 Å². The van der Waals surface area contributed by atoms with Crippen LogP contribution in [0.1, 0.15) is 24.9 Å². The minimum atomic E-state index is -0.444. The Hall–Kier alpha value is -2.44. The highest BCUT2D eigenvalue weighted by Gasteiger charge is 2.28. The minimum absolute atomic E-state index is 0.193. The van der Waals surface area contributed by atoms with E-state index in [0.717, 1.165) is 31.6 Å². The van der Waals surface area contributed by atoms with Crippen LogP contribution in [0.5, 0.6) is 0 Å². The normalized spacial score (nSPS) is 21.4. The van der Waals surface area contributed by atoms with Crippen molar-refractivity contribution in [2.45, 2.75) is 25.9 Å². The van der Waals surface area contributed by atoms with Crippen LogP contribution < -0.4 is 5.32 Å². The Labute approximate surface area is 146 Å². The summed E-state index contributed by atoms with van der Waals surface area (Å²) in [5.74, 6) is 0.359. The summed E-state index contributed by atoms with van der Waals surface area (Å²) in [6.45, 7) is 4.10. The molecule has 1 fully saturated rings. The fourth-order valence-corrected chi connectivity index (χ4v) is 3.28. The molecule has 1 aromatic heterocycles. The molecule has 2 aromatic rings. The van der Waals surface area contributed by atoms with Crippen LogP contribution in [-0.2, 0) is 6.54 Å². The minimum Gasteiger partial charge on any atom is -0.352 e. The van der Waals surface area contributed by atoms with Crippen molar-refractivity contribution in [3.63, 3.8) is 0 Å². The predicted molar refractivity (Wildman–Crippen MR) is 93.2 cm³/mol. The lowest BCUT2D eigenvalue weighted by atomic mass is 9.93. The molecule has 1 aromatic carbocycles. The highest BCUT2D eigenvalue weighted by Crippen LogP contribution is 2.27. The summed E-state index contributed by atoms with van der Waals surface area (Å²) in [5.41, 5.74) is 0.290. The second kappa shape index (κ2) is 7.63. The average molecular weight is 347 g/mol. The molecule has 5 nitrogen and oxygen atoms in total. The molecule has 2 unspecified atom stereocenters. The summed E-state index contributed by atoms with van der Waals surface area (Å²) < 4.78 is 29.2. The zero-order valence-corrected chi connectivity index (χ0v) is 14.5. The zero-order valence-electron chi connectivity index (χ0n) is 14.5. The first kappa shape index (κ1) is 17.4. The second-order valence-electron chi connectivity index (χ2n) is 6.43. The van der Waals surface area contributed by atoms with Gasteiger partial charge in [-0.15, -0.1) is 0 Å². The maximum Gasteiger partial charge on any atom is 0.193 e. The van der Waals surface area contributed by atoms with E-state index < -0.39 is 11.6 Å². The summed E-state index contributed by atoms with van der Waals surface area (Å²) in [6, 6.07) is 3.78. The number of benzene rings is 1. The van der Waals surface area contributed by atoms with Gasteiger partial charge in [-0.05, 0) is 30.5 Å². The third-order valence-electron chi connectivity index (χ3n) is 4.78. The van der Waals surface area contributed by atoms with Crippen molar-refractivity contribution in [3.8, 4) is 0 Å². The van der Waals surface area contributed by atoms with E-state index in [4.69, 9.17) is 0 Å². The number of likely N-dealkylation sites (tertiary alicyclic amines) is 1. The van der Waals surface area contributed by atoms with Crippen molar-refractivity contribution in [1.29, 1.82) is 0 Å². The summed E-state index contributed by atoms with van der Waals surface area (Å²) in [4.78, 5) is 10.6. The van der Waals surface area contributed by atoms with Gasteiger partial charge in [0.2, 0.25) is 0 Å². The van der Waals surface area contributed by atoms with Gasteiger partial charge in [-0.1, -0.05) is 6.92 Å². The SMILES string of the molecule is CN=C(NCc1cc(F)ccc1F)N1CCC(C)C(n2ccnc2)C1. The molecule has 1 aliphatic rings. The van der Waals surface area contributed by atoms with Gasteiger partial charge >= 0.3 is 0 Å². The highest BCUT2D eigenvalue weighted by atomic mass is 19.1. The molecule has 0 spiro atoms. The molecule has 0 radical (unpaired) electrons. The molecule has 1 saturated heterocycles. The molecular formula is C18H23F2N5. The molecule has 0 amide bonds. The van der Waals surface area contributed by atoms with E-state index in [1.165, 1.54) is 6.07 Å². The molecule has 1 aliphatic heterocycles. The van der Waals surface area contributed by atoms with Crippen LogP contribution in [0, 0.1) is 17.6 Å². The smallest absolute Gasteiger partial charge is 0.193 e. The van der Waals surface area contributed by atoms with Gasteiger partial charge in [0.05, 0.1) is 12.4 Å². The van der Waals surface area contributed by atoms with Gasteiger partial charge in [0.15, 0.2) is 5.96 Å². The van der Waals surface area contributed by atoms with Crippen molar-refractivity contribution in [1.82, 2.24) is 19.8 Å². The van der Waals surface area contributed by atoms with Crippen LogP contribution in [0.3, 0.4) is 0 Å². The van der Waals surface area contributed by atoms with Crippen LogP contribution in [0.15, 0.2) is 41.9 Å². The zero-order chi connectivity index (χ0) is 17.8. The van der Waals surface area contributed by atoms with E-state index in [2.05, 4.69) is 31.7 Å². The maximum atomic E-state index is 13.8. The number of nitrogens with one attached hydrogen (secondary N) is 1. The first-order valence-electron chi connectivity index (χ1n) is 8.45. The Bertz CT molecular complexity index is 729. The molecule has 7 heteroatoms. The van der Waals surface area contributed by atoms with E-state index in [0.29, 0.717) is 17.9 Å². The standard InChI is InChI=1S/C18H23F2N5/c1-13-5-7-24(11-17(13)25-8-6-22-12-25)18(21-2)23-10-14-9-15(19)3-4-16(14)20/h3-4,6,8-9,12-13,17H,5,7,10-11H2,1-2H3,(H,21,23). The summed E-state index contributed by atoms with van der Waals surface area (Å²) >= 11 is 0. The Morgan fingerprint density at radius 2 is 2.24 bits per heavy atom. The fourth-order valence-electron chi connectivity index (χ4n) is 3.28. The first-order valence-corrected chi connectivity index (χ1v) is 8.45. The van der Waals surface area contributed by atoms with Crippen molar-refractivity contribution in [2.75, 3.05) is 20.1 Å². The van der Waals surface area contributed by atoms with Gasteiger partial charge in [0.25, 0.3) is 0 Å². The third-order valence-corrected chi connectivity index (χ3v) is 4.78. The number of piperidine rings is 1. The van der Waals surface area contributed by atoms with Crippen LogP contribution in [-0.4, -0.2) is 40.5 Å². The van der Waals surface area contributed by atoms with Gasteiger partial charge in [0.1, 0.15) is 11.6 Å². The van der Waals surface area contributed by atoms with Crippen LogP contribution in [0.25, 0.3) is 0 Å². The Kier molecular flexibility index (Phi) is 5.31. The molecule has 25 heavy (non-hydrogen) atoms. The summed E-state index contributed by atoms with van der Waals surface area (Å²) in [7, 11) is 1.70. The molecule has 0 saturated carbocycles. The number of guanidine groups is 1. The molecule has 134 valence electrons. The molecule has 0 aliphatic carbocycles. The quantitative estimate of drug-likeness (QED) is 0.686. The van der Waals surface area contributed by atoms with Crippen molar-refractivity contribution < 1.29 is 8.78 Å². The number of halogens is 2. The Morgan fingerprint density at radius 1 is 1.40 bits per heavy atom.